The fourth-order valence-electron chi connectivity index (χ4n) is 4.77. The normalized spacial score (nSPS) is 21.4. The summed E-state index contributed by atoms with van der Waals surface area (Å²) in [5.41, 5.74) is -1.17. The van der Waals surface area contributed by atoms with Gasteiger partial charge < -0.3 is 20.3 Å². The lowest BCUT2D eigenvalue weighted by Crippen LogP contribution is -2.58. The number of nitrogens with one attached hydrogen (secondary N) is 1. The number of fused-ring (bicyclic) bond motifs is 1. The zero-order valence-electron chi connectivity index (χ0n) is 21.3. The summed E-state index contributed by atoms with van der Waals surface area (Å²) in [6.45, 7) is 13.6. The van der Waals surface area contributed by atoms with E-state index >= 15 is 0 Å². The largest absolute Gasteiger partial charge is 0.465 e. The Morgan fingerprint density at radius 1 is 1.24 bits per heavy atom. The molecule has 2 atom stereocenters. The van der Waals surface area contributed by atoms with Crippen LogP contribution in [0.5, 0.6) is 0 Å². The van der Waals surface area contributed by atoms with Crippen LogP contribution in [0, 0.1) is 5.41 Å². The minimum Gasteiger partial charge on any atom is -0.465 e. The van der Waals surface area contributed by atoms with Crippen LogP contribution < -0.4 is 5.32 Å². The molecule has 1 aliphatic rings. The lowest BCUT2D eigenvalue weighted by atomic mass is 9.71. The number of carbonyl (C=O) groups excluding carboxylic acids is 1. The van der Waals surface area contributed by atoms with Crippen LogP contribution in [0.15, 0.2) is 24.3 Å². The Labute approximate surface area is 201 Å². The van der Waals surface area contributed by atoms with Crippen molar-refractivity contribution in [2.24, 2.45) is 5.41 Å². The Hall–Kier alpha value is -2.65. The molecule has 1 aromatic carbocycles. The average molecular weight is 475 g/mol. The number of para-hydroxylation sites is 1. The fraction of sp³-hybridized carbons (Fsp3) is 0.640. The number of carbonyl (C=O) groups is 2. The third-order valence-corrected chi connectivity index (χ3v) is 6.58. The summed E-state index contributed by atoms with van der Waals surface area (Å²) >= 11 is 0. The Bertz CT molecular complexity index is 1050. The summed E-state index contributed by atoms with van der Waals surface area (Å²) < 4.78 is 7.66. The number of likely N-dealkylation sites (tertiary alicyclic amines) is 1. The molecule has 1 fully saturated rings. The quantitative estimate of drug-likeness (QED) is 0.564. The number of aromatic nitrogens is 2. The maximum Gasteiger partial charge on any atom is 0.407 e. The first-order valence-electron chi connectivity index (χ1n) is 11.7. The number of hydrogen-bond acceptors (Lipinski definition) is 5. The van der Waals surface area contributed by atoms with Crippen LogP contribution >= 0.6 is 0 Å². The number of nitrogens with zero attached hydrogens (tertiary/aromatic N) is 3. The van der Waals surface area contributed by atoms with Crippen LogP contribution in [-0.4, -0.2) is 73.8 Å². The molecule has 1 saturated heterocycles. The topological polar surface area (TPSA) is 117 Å². The van der Waals surface area contributed by atoms with Crippen LogP contribution in [0.2, 0.25) is 0 Å². The van der Waals surface area contributed by atoms with E-state index in [2.05, 4.69) is 10.4 Å². The molecule has 3 N–H and O–H groups in total. The number of rotatable bonds is 7. The molecule has 1 aromatic heterocycles. The van der Waals surface area contributed by atoms with Crippen LogP contribution in [-0.2, 0) is 4.74 Å². The molecule has 34 heavy (non-hydrogen) atoms. The van der Waals surface area contributed by atoms with Gasteiger partial charge in [-0.1, -0.05) is 39.0 Å². The molecule has 0 radical (unpaired) electrons. The van der Waals surface area contributed by atoms with E-state index in [-0.39, 0.29) is 31.7 Å². The zero-order valence-corrected chi connectivity index (χ0v) is 21.3. The van der Waals surface area contributed by atoms with Gasteiger partial charge in [-0.25, -0.2) is 4.79 Å². The van der Waals surface area contributed by atoms with Gasteiger partial charge in [0.05, 0.1) is 29.9 Å². The van der Waals surface area contributed by atoms with Crippen LogP contribution in [0.25, 0.3) is 10.9 Å². The van der Waals surface area contributed by atoms with Gasteiger partial charge in [-0.2, -0.15) is 5.10 Å². The SMILES string of the molecule is CC(C)n1nc(C(=O)N[C@@H]2CN(C(=O)O)[C@](COCC(C)(C)O)(C(C)(C)C)C2)c2ccccc21. The van der Waals surface area contributed by atoms with Crippen molar-refractivity contribution in [2.45, 2.75) is 78.1 Å². The minimum absolute atomic E-state index is 0.0773. The van der Waals surface area contributed by atoms with Crippen molar-refractivity contribution < 1.29 is 24.5 Å². The van der Waals surface area contributed by atoms with Crippen molar-refractivity contribution in [1.82, 2.24) is 20.0 Å². The first-order valence-corrected chi connectivity index (χ1v) is 11.7. The van der Waals surface area contributed by atoms with Gasteiger partial charge in [-0.15, -0.1) is 0 Å². The van der Waals surface area contributed by atoms with Crippen molar-refractivity contribution in [3.63, 3.8) is 0 Å². The van der Waals surface area contributed by atoms with Gasteiger partial charge in [0, 0.05) is 24.0 Å². The first-order chi connectivity index (χ1) is 15.7. The summed E-state index contributed by atoms with van der Waals surface area (Å²) in [5.74, 6) is -0.326. The zero-order chi connectivity index (χ0) is 25.5. The molecule has 1 aliphatic heterocycles. The Balaban J connectivity index is 1.88. The summed E-state index contributed by atoms with van der Waals surface area (Å²) in [6.07, 6.45) is -0.670. The monoisotopic (exact) mass is 474 g/mol. The van der Waals surface area contributed by atoms with E-state index < -0.39 is 28.7 Å². The molecule has 0 bridgehead atoms. The van der Waals surface area contributed by atoms with Crippen LogP contribution in [0.1, 0.15) is 71.4 Å². The lowest BCUT2D eigenvalue weighted by molar-refractivity contribution is -0.0794. The highest BCUT2D eigenvalue weighted by Crippen LogP contribution is 2.44. The average Bonchev–Trinajstić information content (AvgIpc) is 3.26. The van der Waals surface area contributed by atoms with Crippen LogP contribution in [0.3, 0.4) is 0 Å². The predicted octanol–water partition coefficient (Wildman–Crippen LogP) is 3.67. The molecule has 0 aliphatic carbocycles. The van der Waals surface area contributed by atoms with Gasteiger partial charge >= 0.3 is 6.09 Å². The lowest BCUT2D eigenvalue weighted by Gasteiger charge is -2.46. The second-order valence-electron chi connectivity index (χ2n) is 11.3. The fourth-order valence-corrected chi connectivity index (χ4v) is 4.77. The number of amides is 2. The van der Waals surface area contributed by atoms with Gasteiger partial charge in [0.1, 0.15) is 0 Å². The van der Waals surface area contributed by atoms with E-state index in [0.29, 0.717) is 12.1 Å². The van der Waals surface area contributed by atoms with Crippen molar-refractivity contribution >= 4 is 22.9 Å². The maximum atomic E-state index is 13.3. The van der Waals surface area contributed by atoms with Crippen molar-refractivity contribution in [3.8, 4) is 0 Å². The number of carboxylic acid groups (broad SMARTS) is 1. The third kappa shape index (κ3) is 5.05. The van der Waals surface area contributed by atoms with Gasteiger partial charge in [-0.3, -0.25) is 14.4 Å². The molecular weight excluding hydrogens is 436 g/mol. The molecule has 188 valence electrons. The van der Waals surface area contributed by atoms with E-state index in [0.717, 1.165) is 10.9 Å². The second kappa shape index (κ2) is 9.19. The van der Waals surface area contributed by atoms with E-state index in [9.17, 15) is 19.8 Å². The highest BCUT2D eigenvalue weighted by Gasteiger charge is 2.55. The van der Waals surface area contributed by atoms with E-state index in [1.54, 1.807) is 13.8 Å². The third-order valence-electron chi connectivity index (χ3n) is 6.58. The number of benzene rings is 1. The Morgan fingerprint density at radius 2 is 1.88 bits per heavy atom. The van der Waals surface area contributed by atoms with Crippen molar-refractivity contribution in [2.75, 3.05) is 19.8 Å². The highest BCUT2D eigenvalue weighted by molar-refractivity contribution is 6.05. The molecule has 0 spiro atoms. The summed E-state index contributed by atoms with van der Waals surface area (Å²) in [4.78, 5) is 27.0. The molecule has 9 nitrogen and oxygen atoms in total. The van der Waals surface area contributed by atoms with Crippen LogP contribution in [0.4, 0.5) is 4.79 Å². The smallest absolute Gasteiger partial charge is 0.407 e. The number of ether oxygens (including phenoxy) is 1. The summed E-state index contributed by atoms with van der Waals surface area (Å²) in [5, 5.41) is 28.5. The maximum absolute atomic E-state index is 13.3. The van der Waals surface area contributed by atoms with E-state index in [4.69, 9.17) is 4.74 Å². The summed E-state index contributed by atoms with van der Waals surface area (Å²) in [6, 6.07) is 7.28. The first kappa shape index (κ1) is 26.0. The van der Waals surface area contributed by atoms with Gasteiger partial charge in [0.2, 0.25) is 0 Å². The van der Waals surface area contributed by atoms with Crippen molar-refractivity contribution in [1.29, 1.82) is 0 Å². The minimum atomic E-state index is -1.06. The standard InChI is InChI=1S/C25H38N4O5/c1-16(2)29-19-11-9-8-10-18(19)20(27-29)21(30)26-17-12-25(23(3,4)5,28(13-17)22(31)32)15-34-14-24(6,7)33/h8-11,16-17,33H,12-15H2,1-7H3,(H,26,30)(H,31,32)/t17-,25+/m0/s1. The van der Waals surface area contributed by atoms with E-state index in [1.807, 2.05) is 63.6 Å². The molecular formula is C25H38N4O5. The molecule has 2 amide bonds. The van der Waals surface area contributed by atoms with E-state index in [1.165, 1.54) is 4.90 Å². The van der Waals surface area contributed by atoms with Crippen molar-refractivity contribution in [3.05, 3.63) is 30.0 Å². The Morgan fingerprint density at radius 3 is 2.44 bits per heavy atom. The molecule has 0 saturated carbocycles. The van der Waals surface area contributed by atoms with Gasteiger partial charge in [0.15, 0.2) is 5.69 Å². The molecule has 0 unspecified atom stereocenters. The molecule has 2 aromatic rings. The number of aliphatic hydroxyl groups is 1. The Kier molecular flexibility index (Phi) is 7.01. The number of hydrogen-bond donors (Lipinski definition) is 3. The molecule has 3 rings (SSSR count). The summed E-state index contributed by atoms with van der Waals surface area (Å²) in [7, 11) is 0. The van der Waals surface area contributed by atoms with Gasteiger partial charge in [0.25, 0.3) is 5.91 Å². The second-order valence-corrected chi connectivity index (χ2v) is 11.3. The van der Waals surface area contributed by atoms with Gasteiger partial charge in [-0.05, 0) is 45.6 Å². The highest BCUT2D eigenvalue weighted by atomic mass is 16.5. The molecule has 2 heterocycles. The molecule has 9 heteroatoms. The predicted molar refractivity (Wildman–Crippen MR) is 130 cm³/mol.